The van der Waals surface area contributed by atoms with Crippen molar-refractivity contribution >= 4 is 22.4 Å². The van der Waals surface area contributed by atoms with Crippen molar-refractivity contribution in [1.82, 2.24) is 15.1 Å². The highest BCUT2D eigenvalue weighted by atomic mass is 32.1. The molecule has 2 aliphatic rings. The number of hydrogen-bond donors (Lipinski definition) is 1. The number of aliphatic carboxylic acids is 1. The van der Waals surface area contributed by atoms with E-state index in [-0.39, 0.29) is 5.92 Å². The molecule has 1 aromatic heterocycles. The first-order chi connectivity index (χ1) is 9.42. The van der Waals surface area contributed by atoms with E-state index in [0.717, 1.165) is 23.2 Å². The molecule has 0 bridgehead atoms. The van der Waals surface area contributed by atoms with E-state index < -0.39 is 11.4 Å². The minimum atomic E-state index is -0.678. The third-order valence-electron chi connectivity index (χ3n) is 4.40. The summed E-state index contributed by atoms with van der Waals surface area (Å²) in [6.07, 6.45) is 0. The molecule has 3 rings (SSSR count). The summed E-state index contributed by atoms with van der Waals surface area (Å²) in [6, 6.07) is 0. The summed E-state index contributed by atoms with van der Waals surface area (Å²) < 4.78 is 0. The minimum Gasteiger partial charge on any atom is -0.481 e. The summed E-state index contributed by atoms with van der Waals surface area (Å²) in [7, 11) is 2.00. The standard InChI is InChI=1S/C13H20N4O2S/c1-8(2)10-14-15-12(20-10)17-5-9-4-16(3)6-13(9,7-17)11(18)19/h8-9H,4-7H2,1-3H3,(H,18,19)/t9-,13-/m1/s1. The van der Waals surface area contributed by atoms with E-state index >= 15 is 0 Å². The molecule has 20 heavy (non-hydrogen) atoms. The molecule has 110 valence electrons. The predicted molar refractivity (Wildman–Crippen MR) is 77.3 cm³/mol. The number of rotatable bonds is 3. The highest BCUT2D eigenvalue weighted by Crippen LogP contribution is 2.44. The number of carbonyl (C=O) groups is 1. The third-order valence-corrected chi connectivity index (χ3v) is 5.68. The van der Waals surface area contributed by atoms with Crippen LogP contribution in [0.1, 0.15) is 24.8 Å². The molecular formula is C13H20N4O2S. The van der Waals surface area contributed by atoms with Crippen molar-refractivity contribution in [2.24, 2.45) is 11.3 Å². The summed E-state index contributed by atoms with van der Waals surface area (Å²) in [4.78, 5) is 16.0. The largest absolute Gasteiger partial charge is 0.481 e. The number of hydrogen-bond acceptors (Lipinski definition) is 6. The second-order valence-corrected chi connectivity index (χ2v) is 7.30. The van der Waals surface area contributed by atoms with E-state index in [9.17, 15) is 9.90 Å². The number of carboxylic acid groups (broad SMARTS) is 1. The van der Waals surface area contributed by atoms with Crippen LogP contribution in [0.15, 0.2) is 0 Å². The fraction of sp³-hybridized carbons (Fsp3) is 0.769. The molecule has 2 fully saturated rings. The molecule has 2 aliphatic heterocycles. The average Bonchev–Trinajstić information content (AvgIpc) is 2.98. The van der Waals surface area contributed by atoms with Crippen LogP contribution in [0.25, 0.3) is 0 Å². The van der Waals surface area contributed by atoms with Crippen molar-refractivity contribution in [1.29, 1.82) is 0 Å². The van der Waals surface area contributed by atoms with Gasteiger partial charge < -0.3 is 14.9 Å². The van der Waals surface area contributed by atoms with Gasteiger partial charge in [-0.3, -0.25) is 4.79 Å². The molecule has 3 heterocycles. The summed E-state index contributed by atoms with van der Waals surface area (Å²) in [5, 5.41) is 20.0. The molecule has 2 atom stereocenters. The highest BCUT2D eigenvalue weighted by Gasteiger charge is 2.57. The van der Waals surface area contributed by atoms with Gasteiger partial charge in [0.15, 0.2) is 0 Å². The number of likely N-dealkylation sites (tertiary alicyclic amines) is 1. The lowest BCUT2D eigenvalue weighted by Gasteiger charge is -2.23. The van der Waals surface area contributed by atoms with Crippen LogP contribution >= 0.6 is 11.3 Å². The molecule has 6 nitrogen and oxygen atoms in total. The summed E-state index contributed by atoms with van der Waals surface area (Å²) in [6.45, 7) is 6.97. The Balaban J connectivity index is 1.83. The van der Waals surface area contributed by atoms with Gasteiger partial charge in [-0.2, -0.15) is 0 Å². The van der Waals surface area contributed by atoms with Gasteiger partial charge in [0.1, 0.15) is 10.4 Å². The van der Waals surface area contributed by atoms with Crippen LogP contribution in [-0.2, 0) is 4.79 Å². The van der Waals surface area contributed by atoms with Gasteiger partial charge in [0, 0.05) is 38.0 Å². The second kappa shape index (κ2) is 4.66. The van der Waals surface area contributed by atoms with Crippen LogP contribution in [0.5, 0.6) is 0 Å². The molecule has 1 N–H and O–H groups in total. The monoisotopic (exact) mass is 296 g/mol. The van der Waals surface area contributed by atoms with Crippen LogP contribution in [0.2, 0.25) is 0 Å². The Morgan fingerprint density at radius 3 is 2.70 bits per heavy atom. The van der Waals surface area contributed by atoms with E-state index in [4.69, 9.17) is 0 Å². The number of nitrogens with zero attached hydrogens (tertiary/aromatic N) is 4. The zero-order valence-corrected chi connectivity index (χ0v) is 12.9. The molecule has 0 unspecified atom stereocenters. The van der Waals surface area contributed by atoms with Gasteiger partial charge in [-0.15, -0.1) is 10.2 Å². The van der Waals surface area contributed by atoms with Gasteiger partial charge in [-0.05, 0) is 7.05 Å². The Kier molecular flexibility index (Phi) is 3.21. The number of fused-ring (bicyclic) bond motifs is 1. The van der Waals surface area contributed by atoms with Crippen molar-refractivity contribution in [3.63, 3.8) is 0 Å². The van der Waals surface area contributed by atoms with E-state index in [1.807, 2.05) is 7.05 Å². The molecule has 2 saturated heterocycles. The Labute approximate surface area is 122 Å². The molecule has 7 heteroatoms. The van der Waals surface area contributed by atoms with Crippen molar-refractivity contribution in [2.45, 2.75) is 19.8 Å². The van der Waals surface area contributed by atoms with E-state index in [1.165, 1.54) is 0 Å². The van der Waals surface area contributed by atoms with Gasteiger partial charge in [-0.25, -0.2) is 0 Å². The topological polar surface area (TPSA) is 69.6 Å². The maximum absolute atomic E-state index is 11.8. The first kappa shape index (κ1) is 13.8. The van der Waals surface area contributed by atoms with Crippen LogP contribution < -0.4 is 4.90 Å². The number of anilines is 1. The zero-order chi connectivity index (χ0) is 14.5. The Hall–Kier alpha value is -1.21. The first-order valence-electron chi connectivity index (χ1n) is 6.92. The van der Waals surface area contributed by atoms with E-state index in [0.29, 0.717) is 19.0 Å². The minimum absolute atomic E-state index is 0.177. The predicted octanol–water partition coefficient (Wildman–Crippen LogP) is 1.11. The normalized spacial score (nSPS) is 30.2. The van der Waals surface area contributed by atoms with Crippen LogP contribution in [-0.4, -0.2) is 59.4 Å². The molecule has 0 radical (unpaired) electrons. The summed E-state index contributed by atoms with van der Waals surface area (Å²) >= 11 is 1.59. The average molecular weight is 296 g/mol. The zero-order valence-electron chi connectivity index (χ0n) is 12.0. The van der Waals surface area contributed by atoms with Crippen LogP contribution in [0.4, 0.5) is 5.13 Å². The quantitative estimate of drug-likeness (QED) is 0.901. The van der Waals surface area contributed by atoms with E-state index in [2.05, 4.69) is 33.8 Å². The lowest BCUT2D eigenvalue weighted by atomic mass is 9.81. The number of aromatic nitrogens is 2. The van der Waals surface area contributed by atoms with Gasteiger partial charge in [0.05, 0.1) is 0 Å². The molecule has 0 spiro atoms. The van der Waals surface area contributed by atoms with Gasteiger partial charge in [0.2, 0.25) is 5.13 Å². The second-order valence-electron chi connectivity index (χ2n) is 6.31. The van der Waals surface area contributed by atoms with Gasteiger partial charge >= 0.3 is 5.97 Å². The molecule has 1 aromatic rings. The Morgan fingerprint density at radius 2 is 2.15 bits per heavy atom. The molecule has 0 amide bonds. The third kappa shape index (κ3) is 2.00. The Morgan fingerprint density at radius 1 is 1.40 bits per heavy atom. The van der Waals surface area contributed by atoms with Crippen molar-refractivity contribution in [3.05, 3.63) is 5.01 Å². The number of carboxylic acids is 1. The highest BCUT2D eigenvalue weighted by molar-refractivity contribution is 7.15. The molecule has 0 aromatic carbocycles. The first-order valence-corrected chi connectivity index (χ1v) is 7.74. The Bertz CT molecular complexity index is 532. The van der Waals surface area contributed by atoms with Gasteiger partial charge in [-0.1, -0.05) is 25.2 Å². The lowest BCUT2D eigenvalue weighted by Crippen LogP contribution is -2.40. The molecule has 0 saturated carbocycles. The van der Waals surface area contributed by atoms with Crippen LogP contribution in [0, 0.1) is 11.3 Å². The summed E-state index contributed by atoms with van der Waals surface area (Å²) in [5.74, 6) is -0.137. The van der Waals surface area contributed by atoms with Gasteiger partial charge in [0.25, 0.3) is 0 Å². The van der Waals surface area contributed by atoms with Crippen LogP contribution in [0.3, 0.4) is 0 Å². The SMILES string of the molecule is CC(C)c1nnc(N2C[C@H]3CN(C)C[C@@]3(C(=O)O)C2)s1. The smallest absolute Gasteiger partial charge is 0.313 e. The maximum Gasteiger partial charge on any atom is 0.313 e. The lowest BCUT2D eigenvalue weighted by molar-refractivity contribution is -0.148. The van der Waals surface area contributed by atoms with Crippen molar-refractivity contribution < 1.29 is 9.90 Å². The van der Waals surface area contributed by atoms with Crippen molar-refractivity contribution in [3.8, 4) is 0 Å². The maximum atomic E-state index is 11.8. The summed E-state index contributed by atoms with van der Waals surface area (Å²) in [5.41, 5.74) is -0.640. The fourth-order valence-electron chi connectivity index (χ4n) is 3.35. The fourth-order valence-corrected chi connectivity index (χ4v) is 4.21. The van der Waals surface area contributed by atoms with E-state index in [1.54, 1.807) is 11.3 Å². The van der Waals surface area contributed by atoms with Crippen molar-refractivity contribution in [2.75, 3.05) is 38.1 Å². The molecule has 0 aliphatic carbocycles. The molecular weight excluding hydrogens is 276 g/mol.